The highest BCUT2D eigenvalue weighted by molar-refractivity contribution is 5.95. The maximum absolute atomic E-state index is 11.8. The lowest BCUT2D eigenvalue weighted by Crippen LogP contribution is -2.23. The van der Waals surface area contributed by atoms with Crippen molar-refractivity contribution in [3.63, 3.8) is 0 Å². The van der Waals surface area contributed by atoms with E-state index in [1.165, 1.54) is 11.0 Å². The number of ether oxygens (including phenoxy) is 1. The fourth-order valence-electron chi connectivity index (χ4n) is 2.04. The van der Waals surface area contributed by atoms with Crippen molar-refractivity contribution in [1.29, 1.82) is 0 Å². The zero-order valence-electron chi connectivity index (χ0n) is 12.0. The van der Waals surface area contributed by atoms with Crippen LogP contribution in [-0.2, 0) is 20.9 Å². The molecule has 3 aromatic rings. The quantitative estimate of drug-likeness (QED) is 0.706. The maximum Gasteiger partial charge on any atom is 0.328 e. The fourth-order valence-corrected chi connectivity index (χ4v) is 2.04. The van der Waals surface area contributed by atoms with Crippen LogP contribution in [0.5, 0.6) is 0 Å². The molecule has 1 aromatic heterocycles. The Kier molecular flexibility index (Phi) is 4.23. The molecule has 23 heavy (non-hydrogen) atoms. The first-order chi connectivity index (χ1) is 11.2. The van der Waals surface area contributed by atoms with E-state index in [1.54, 1.807) is 6.07 Å². The molecule has 0 aliphatic carbocycles. The zero-order valence-corrected chi connectivity index (χ0v) is 12.0. The summed E-state index contributed by atoms with van der Waals surface area (Å²) in [7, 11) is 0. The van der Waals surface area contributed by atoms with E-state index in [9.17, 15) is 9.59 Å². The van der Waals surface area contributed by atoms with Gasteiger partial charge in [0.05, 0.1) is 0 Å². The van der Waals surface area contributed by atoms with E-state index >= 15 is 0 Å². The second-order valence-corrected chi connectivity index (χ2v) is 4.78. The van der Waals surface area contributed by atoms with Gasteiger partial charge in [-0.1, -0.05) is 30.3 Å². The maximum atomic E-state index is 11.8. The number of fused-ring (bicyclic) bond motifs is 1. The summed E-state index contributed by atoms with van der Waals surface area (Å²) in [5, 5.41) is 15.1. The Morgan fingerprint density at radius 1 is 1.13 bits per heavy atom. The molecule has 8 heteroatoms. The summed E-state index contributed by atoms with van der Waals surface area (Å²) in [6, 6.07) is 13.4. The number of nitrogens with one attached hydrogen (secondary N) is 1. The number of hydrogen-bond donors (Lipinski definition) is 1. The van der Waals surface area contributed by atoms with Crippen molar-refractivity contribution < 1.29 is 14.3 Å². The molecule has 3 rings (SSSR count). The molecule has 0 radical (unpaired) electrons. The SMILES string of the molecule is O=C(COC(=O)Cn1cnnn1)Nc1ccc2ccccc2c1. The summed E-state index contributed by atoms with van der Waals surface area (Å²) in [5.41, 5.74) is 0.644. The number of anilines is 1. The number of amides is 1. The Bertz CT molecular complexity index is 832. The van der Waals surface area contributed by atoms with Gasteiger partial charge in [-0.25, -0.2) is 4.68 Å². The molecule has 0 saturated carbocycles. The van der Waals surface area contributed by atoms with Crippen LogP contribution in [0, 0.1) is 0 Å². The van der Waals surface area contributed by atoms with Crippen LogP contribution < -0.4 is 5.32 Å². The van der Waals surface area contributed by atoms with Crippen LogP contribution in [0.4, 0.5) is 5.69 Å². The van der Waals surface area contributed by atoms with E-state index in [2.05, 4.69) is 20.8 Å². The van der Waals surface area contributed by atoms with Crippen LogP contribution >= 0.6 is 0 Å². The van der Waals surface area contributed by atoms with Crippen molar-refractivity contribution in [1.82, 2.24) is 20.2 Å². The molecule has 1 heterocycles. The second-order valence-electron chi connectivity index (χ2n) is 4.78. The fraction of sp³-hybridized carbons (Fsp3) is 0.133. The summed E-state index contributed by atoms with van der Waals surface area (Å²) >= 11 is 0. The topological polar surface area (TPSA) is 99.0 Å². The smallest absolute Gasteiger partial charge is 0.328 e. The molecular formula is C15H13N5O3. The minimum Gasteiger partial charge on any atom is -0.454 e. The molecule has 1 amide bonds. The minimum absolute atomic E-state index is 0.143. The molecule has 1 N–H and O–H groups in total. The van der Waals surface area contributed by atoms with Gasteiger partial charge in [0.25, 0.3) is 5.91 Å². The number of tetrazole rings is 1. The van der Waals surface area contributed by atoms with Gasteiger partial charge < -0.3 is 10.1 Å². The number of aromatic nitrogens is 4. The van der Waals surface area contributed by atoms with E-state index < -0.39 is 11.9 Å². The van der Waals surface area contributed by atoms with Crippen molar-refractivity contribution in [2.24, 2.45) is 0 Å². The Balaban J connectivity index is 1.53. The molecule has 0 unspecified atom stereocenters. The summed E-state index contributed by atoms with van der Waals surface area (Å²) in [6.45, 7) is -0.510. The average Bonchev–Trinajstić information content (AvgIpc) is 3.06. The number of nitrogens with zero attached hydrogens (tertiary/aromatic N) is 4. The van der Waals surface area contributed by atoms with Crippen LogP contribution in [0.15, 0.2) is 48.8 Å². The van der Waals surface area contributed by atoms with Gasteiger partial charge in [-0.05, 0) is 33.3 Å². The Morgan fingerprint density at radius 3 is 2.74 bits per heavy atom. The molecule has 0 aliphatic rings. The number of hydrogen-bond acceptors (Lipinski definition) is 6. The Labute approximate surface area is 131 Å². The third-order valence-electron chi connectivity index (χ3n) is 3.08. The highest BCUT2D eigenvalue weighted by Crippen LogP contribution is 2.18. The second kappa shape index (κ2) is 6.65. The van der Waals surface area contributed by atoms with Crippen LogP contribution in [0.25, 0.3) is 10.8 Å². The molecule has 0 saturated heterocycles. The first-order valence-electron chi connectivity index (χ1n) is 6.86. The number of esters is 1. The molecule has 8 nitrogen and oxygen atoms in total. The van der Waals surface area contributed by atoms with Crippen LogP contribution in [-0.4, -0.2) is 38.7 Å². The van der Waals surface area contributed by atoms with E-state index in [0.717, 1.165) is 10.8 Å². The molecule has 0 aliphatic heterocycles. The van der Waals surface area contributed by atoms with Gasteiger partial charge in [-0.3, -0.25) is 9.59 Å². The molecule has 116 valence electrons. The van der Waals surface area contributed by atoms with E-state index in [1.807, 2.05) is 36.4 Å². The largest absolute Gasteiger partial charge is 0.454 e. The summed E-state index contributed by atoms with van der Waals surface area (Å²) < 4.78 is 6.08. The minimum atomic E-state index is -0.592. The highest BCUT2D eigenvalue weighted by Gasteiger charge is 2.09. The van der Waals surface area contributed by atoms with Gasteiger partial charge in [0.1, 0.15) is 12.9 Å². The third kappa shape index (κ3) is 3.88. The van der Waals surface area contributed by atoms with Crippen molar-refractivity contribution >= 4 is 28.3 Å². The molecular weight excluding hydrogens is 298 g/mol. The van der Waals surface area contributed by atoms with Gasteiger partial charge in [0.15, 0.2) is 6.61 Å². The average molecular weight is 311 g/mol. The van der Waals surface area contributed by atoms with Crippen LogP contribution in [0.2, 0.25) is 0 Å². The van der Waals surface area contributed by atoms with Crippen LogP contribution in [0.1, 0.15) is 0 Å². The standard InChI is InChI=1S/C15H13N5O3/c21-14(9-23-15(22)8-20-10-16-18-19-20)17-13-6-5-11-3-1-2-4-12(11)7-13/h1-7,10H,8-9H2,(H,17,21). The van der Waals surface area contributed by atoms with Crippen molar-refractivity contribution in [2.45, 2.75) is 6.54 Å². The van der Waals surface area contributed by atoms with E-state index in [0.29, 0.717) is 5.69 Å². The lowest BCUT2D eigenvalue weighted by molar-refractivity contribution is -0.148. The molecule has 0 spiro atoms. The predicted molar refractivity (Wildman–Crippen MR) is 81.4 cm³/mol. The highest BCUT2D eigenvalue weighted by atomic mass is 16.5. The normalized spacial score (nSPS) is 10.4. The first kappa shape index (κ1) is 14.6. The number of rotatable bonds is 5. The molecule has 0 atom stereocenters. The van der Waals surface area contributed by atoms with Gasteiger partial charge in [-0.2, -0.15) is 0 Å². The number of carbonyl (C=O) groups is 2. The summed E-state index contributed by atoms with van der Waals surface area (Å²) in [4.78, 5) is 23.3. The lowest BCUT2D eigenvalue weighted by Gasteiger charge is -2.07. The summed E-state index contributed by atoms with van der Waals surface area (Å²) in [5.74, 6) is -1.00. The van der Waals surface area contributed by atoms with Gasteiger partial charge in [0, 0.05) is 5.69 Å². The van der Waals surface area contributed by atoms with E-state index in [-0.39, 0.29) is 13.2 Å². The monoisotopic (exact) mass is 311 g/mol. The molecule has 2 aromatic carbocycles. The Hall–Kier alpha value is -3.29. The van der Waals surface area contributed by atoms with Crippen molar-refractivity contribution in [3.05, 3.63) is 48.8 Å². The molecule has 0 bridgehead atoms. The first-order valence-corrected chi connectivity index (χ1v) is 6.86. The number of carbonyl (C=O) groups excluding carboxylic acids is 2. The van der Waals surface area contributed by atoms with Crippen LogP contribution in [0.3, 0.4) is 0 Å². The lowest BCUT2D eigenvalue weighted by atomic mass is 10.1. The zero-order chi connectivity index (χ0) is 16.1. The third-order valence-corrected chi connectivity index (χ3v) is 3.08. The van der Waals surface area contributed by atoms with Gasteiger partial charge in [0.2, 0.25) is 0 Å². The van der Waals surface area contributed by atoms with Gasteiger partial charge in [-0.15, -0.1) is 5.10 Å². The Morgan fingerprint density at radius 2 is 1.96 bits per heavy atom. The van der Waals surface area contributed by atoms with Crippen molar-refractivity contribution in [2.75, 3.05) is 11.9 Å². The predicted octanol–water partition coefficient (Wildman–Crippen LogP) is 1.01. The van der Waals surface area contributed by atoms with Gasteiger partial charge >= 0.3 is 5.97 Å². The van der Waals surface area contributed by atoms with Crippen molar-refractivity contribution in [3.8, 4) is 0 Å². The number of benzene rings is 2. The van der Waals surface area contributed by atoms with E-state index in [4.69, 9.17) is 4.74 Å². The molecule has 0 fully saturated rings. The summed E-state index contributed by atoms with van der Waals surface area (Å²) in [6.07, 6.45) is 1.29.